The first-order chi connectivity index (χ1) is 15.1. The summed E-state index contributed by atoms with van der Waals surface area (Å²) in [5.74, 6) is 0.757. The number of benzene rings is 2. The lowest BCUT2D eigenvalue weighted by molar-refractivity contribution is -0.116. The second kappa shape index (κ2) is 10.1. The summed E-state index contributed by atoms with van der Waals surface area (Å²) in [6.07, 6.45) is 6.94. The third-order valence-corrected chi connectivity index (χ3v) is 6.14. The minimum absolute atomic E-state index is 0.207. The summed E-state index contributed by atoms with van der Waals surface area (Å²) in [6, 6.07) is 14.8. The van der Waals surface area contributed by atoms with Crippen LogP contribution in [0.4, 0.5) is 4.39 Å². The molecule has 0 spiro atoms. The van der Waals surface area contributed by atoms with E-state index < -0.39 is 0 Å². The van der Waals surface area contributed by atoms with Gasteiger partial charge < -0.3 is 19.0 Å². The Labute approximate surface area is 183 Å². The average Bonchev–Trinajstić information content (AvgIpc) is 3.13. The number of carbonyl (C=O) groups is 1. The van der Waals surface area contributed by atoms with E-state index in [1.54, 1.807) is 19.1 Å². The first kappa shape index (κ1) is 21.6. The molecule has 4 rings (SSSR count). The number of piperidine rings is 1. The summed E-state index contributed by atoms with van der Waals surface area (Å²) in [4.78, 5) is 13.9. The zero-order valence-corrected chi connectivity index (χ0v) is 18.2. The third kappa shape index (κ3) is 5.73. The number of likely N-dealkylation sites (tertiary alicyclic amines) is 1. The van der Waals surface area contributed by atoms with Crippen LogP contribution < -0.4 is 4.74 Å². The van der Waals surface area contributed by atoms with Crippen molar-refractivity contribution in [1.82, 2.24) is 9.47 Å². The highest BCUT2D eigenvalue weighted by Gasteiger charge is 2.20. The lowest BCUT2D eigenvalue weighted by atomic mass is 10.1. The molecular weight excluding hydrogens is 391 g/mol. The number of hydrogen-bond acceptors (Lipinski definition) is 3. The van der Waals surface area contributed by atoms with E-state index in [0.29, 0.717) is 6.42 Å². The van der Waals surface area contributed by atoms with Crippen LogP contribution in [0.5, 0.6) is 5.75 Å². The highest BCUT2D eigenvalue weighted by Crippen LogP contribution is 2.24. The largest absolute Gasteiger partial charge is 0.490 e. The predicted molar refractivity (Wildman–Crippen MR) is 122 cm³/mol. The van der Waals surface area contributed by atoms with E-state index in [1.807, 2.05) is 0 Å². The average molecular weight is 423 g/mol. The van der Waals surface area contributed by atoms with Crippen molar-refractivity contribution in [3.63, 3.8) is 0 Å². The van der Waals surface area contributed by atoms with Gasteiger partial charge in [-0.1, -0.05) is 18.2 Å². The van der Waals surface area contributed by atoms with Gasteiger partial charge in [-0.05, 0) is 75.0 Å². The Hall–Kier alpha value is -2.66. The maximum absolute atomic E-state index is 13.0. The Morgan fingerprint density at radius 2 is 1.81 bits per heavy atom. The molecule has 4 nitrogen and oxygen atoms in total. The number of halogens is 1. The number of aromatic nitrogens is 1. The number of carbonyl (C=O) groups excluding carboxylic acids is 1. The van der Waals surface area contributed by atoms with Gasteiger partial charge in [-0.15, -0.1) is 0 Å². The Morgan fingerprint density at radius 1 is 1.06 bits per heavy atom. The zero-order valence-electron chi connectivity index (χ0n) is 18.2. The predicted octanol–water partition coefficient (Wildman–Crippen LogP) is 5.24. The van der Waals surface area contributed by atoms with Crippen LogP contribution in [0.1, 0.15) is 38.2 Å². The van der Waals surface area contributed by atoms with Gasteiger partial charge in [-0.3, -0.25) is 0 Å². The lowest BCUT2D eigenvalue weighted by Gasteiger charge is -2.32. The molecule has 0 aliphatic carbocycles. The topological polar surface area (TPSA) is 34.5 Å². The van der Waals surface area contributed by atoms with Gasteiger partial charge >= 0.3 is 0 Å². The molecule has 1 fully saturated rings. The third-order valence-electron chi connectivity index (χ3n) is 6.14. The highest BCUT2D eigenvalue weighted by atomic mass is 19.1. The summed E-state index contributed by atoms with van der Waals surface area (Å²) in [7, 11) is 0. The lowest BCUT2D eigenvalue weighted by Crippen LogP contribution is -2.38. The van der Waals surface area contributed by atoms with Gasteiger partial charge in [0.2, 0.25) is 0 Å². The van der Waals surface area contributed by atoms with E-state index in [0.717, 1.165) is 57.6 Å². The van der Waals surface area contributed by atoms with Gasteiger partial charge in [0.15, 0.2) is 0 Å². The van der Waals surface area contributed by atoms with Crippen LogP contribution in [0.3, 0.4) is 0 Å². The van der Waals surface area contributed by atoms with Crippen LogP contribution in [0.2, 0.25) is 0 Å². The summed E-state index contributed by atoms with van der Waals surface area (Å²) in [5, 5.41) is 1.27. The van der Waals surface area contributed by atoms with E-state index >= 15 is 0 Å². The van der Waals surface area contributed by atoms with Crippen molar-refractivity contribution >= 4 is 16.7 Å². The summed E-state index contributed by atoms with van der Waals surface area (Å²) in [5.41, 5.74) is 2.53. The summed E-state index contributed by atoms with van der Waals surface area (Å²) >= 11 is 0. The molecule has 0 N–H and O–H groups in total. The van der Waals surface area contributed by atoms with Crippen molar-refractivity contribution in [2.24, 2.45) is 0 Å². The second-order valence-electron chi connectivity index (χ2n) is 8.53. The van der Waals surface area contributed by atoms with Gasteiger partial charge in [0.25, 0.3) is 0 Å². The quantitative estimate of drug-likeness (QED) is 0.473. The van der Waals surface area contributed by atoms with E-state index in [-0.39, 0.29) is 17.7 Å². The van der Waals surface area contributed by atoms with E-state index in [2.05, 4.69) is 39.9 Å². The number of hydrogen-bond donors (Lipinski definition) is 0. The molecule has 164 valence electrons. The van der Waals surface area contributed by atoms with Crippen molar-refractivity contribution in [2.75, 3.05) is 19.6 Å². The monoisotopic (exact) mass is 422 g/mol. The number of ether oxygens (including phenoxy) is 1. The number of ketones is 1. The first-order valence-corrected chi connectivity index (χ1v) is 11.3. The number of Topliss-reactive ketones (excluding diaryl/α,β-unsaturated/α-hetero) is 1. The van der Waals surface area contributed by atoms with E-state index in [1.165, 1.54) is 28.6 Å². The van der Waals surface area contributed by atoms with Crippen LogP contribution in [0.25, 0.3) is 10.9 Å². The van der Waals surface area contributed by atoms with Crippen molar-refractivity contribution in [3.8, 4) is 5.75 Å². The minimum Gasteiger partial charge on any atom is -0.490 e. The van der Waals surface area contributed by atoms with Crippen LogP contribution >= 0.6 is 0 Å². The van der Waals surface area contributed by atoms with Crippen LogP contribution in [0.15, 0.2) is 54.7 Å². The van der Waals surface area contributed by atoms with Gasteiger partial charge in [0, 0.05) is 43.2 Å². The molecule has 31 heavy (non-hydrogen) atoms. The fourth-order valence-electron chi connectivity index (χ4n) is 4.44. The summed E-state index contributed by atoms with van der Waals surface area (Å²) in [6.45, 7) is 5.77. The van der Waals surface area contributed by atoms with Crippen LogP contribution in [-0.2, 0) is 17.8 Å². The van der Waals surface area contributed by atoms with Crippen LogP contribution in [-0.4, -0.2) is 41.0 Å². The normalized spacial score (nSPS) is 15.4. The number of para-hydroxylation sites is 1. The molecule has 2 heterocycles. The van der Waals surface area contributed by atoms with Crippen molar-refractivity contribution < 1.29 is 13.9 Å². The number of rotatable bonds is 9. The fourth-order valence-corrected chi connectivity index (χ4v) is 4.44. The second-order valence-corrected chi connectivity index (χ2v) is 8.53. The zero-order chi connectivity index (χ0) is 21.6. The summed E-state index contributed by atoms with van der Waals surface area (Å²) < 4.78 is 21.4. The molecule has 1 aliphatic rings. The molecule has 0 bridgehead atoms. The van der Waals surface area contributed by atoms with E-state index in [9.17, 15) is 9.18 Å². The maximum atomic E-state index is 13.0. The number of fused-ring (bicyclic) bond motifs is 1. The van der Waals surface area contributed by atoms with Crippen molar-refractivity contribution in [3.05, 3.63) is 66.1 Å². The van der Waals surface area contributed by atoms with E-state index in [4.69, 9.17) is 4.74 Å². The molecule has 0 saturated carbocycles. The molecule has 0 atom stereocenters. The standard InChI is InChI=1S/C26H31FN2O2/c1-20(30)7-8-21-19-29(26-6-3-2-5-25(21)26)16-4-15-28-17-13-24(14-18-28)31-23-11-9-22(27)10-12-23/h2-3,5-6,9-12,19,24H,4,7-8,13-18H2,1H3. The van der Waals surface area contributed by atoms with Crippen LogP contribution in [0, 0.1) is 5.82 Å². The Morgan fingerprint density at radius 3 is 2.55 bits per heavy atom. The van der Waals surface area contributed by atoms with Crippen molar-refractivity contribution in [1.29, 1.82) is 0 Å². The highest BCUT2D eigenvalue weighted by molar-refractivity contribution is 5.85. The Balaban J connectivity index is 1.26. The molecule has 1 saturated heterocycles. The Kier molecular flexibility index (Phi) is 7.03. The first-order valence-electron chi connectivity index (χ1n) is 11.3. The molecule has 2 aromatic carbocycles. The molecule has 1 aromatic heterocycles. The molecule has 0 unspecified atom stereocenters. The Bertz CT molecular complexity index is 1000. The van der Waals surface area contributed by atoms with Gasteiger partial charge in [0.1, 0.15) is 23.5 Å². The molecule has 5 heteroatoms. The van der Waals surface area contributed by atoms with Crippen molar-refractivity contribution in [2.45, 2.75) is 51.7 Å². The number of aryl methyl sites for hydroxylation is 2. The maximum Gasteiger partial charge on any atom is 0.130 e. The molecule has 0 radical (unpaired) electrons. The van der Waals surface area contributed by atoms with Gasteiger partial charge in [-0.2, -0.15) is 0 Å². The smallest absolute Gasteiger partial charge is 0.130 e. The van der Waals surface area contributed by atoms with Gasteiger partial charge in [-0.25, -0.2) is 4.39 Å². The molecule has 3 aromatic rings. The number of nitrogens with zero attached hydrogens (tertiary/aromatic N) is 2. The van der Waals surface area contributed by atoms with Gasteiger partial charge in [0.05, 0.1) is 0 Å². The molecule has 0 amide bonds. The molecule has 1 aliphatic heterocycles. The SMILES string of the molecule is CC(=O)CCc1cn(CCCN2CCC(Oc3ccc(F)cc3)CC2)c2ccccc12. The molecular formula is C26H31FN2O2. The minimum atomic E-state index is -0.233. The fraction of sp³-hybridized carbons (Fsp3) is 0.423.